The fourth-order valence-corrected chi connectivity index (χ4v) is 4.27. The minimum Gasteiger partial charge on any atom is -0.739 e. The van der Waals surface area contributed by atoms with E-state index in [1.54, 1.807) is 66.7 Å². The maximum absolute atomic E-state index is 13.1. The summed E-state index contributed by atoms with van der Waals surface area (Å²) in [4.78, 5) is 52.6. The van der Waals surface area contributed by atoms with Crippen LogP contribution in [0.1, 0.15) is 31.1 Å². The van der Waals surface area contributed by atoms with E-state index in [1.807, 2.05) is 5.43 Å². The van der Waals surface area contributed by atoms with Crippen molar-refractivity contribution in [3.8, 4) is 0 Å². The van der Waals surface area contributed by atoms with E-state index in [2.05, 4.69) is 0 Å². The monoisotopic (exact) mass is 558 g/mol. The summed E-state index contributed by atoms with van der Waals surface area (Å²) in [5.41, 5.74) is 2.73. The first-order valence-corrected chi connectivity index (χ1v) is 12.5. The number of nitrogens with one attached hydrogen (secondary N) is 1. The summed E-state index contributed by atoms with van der Waals surface area (Å²) in [6.45, 7) is -0.413. The van der Waals surface area contributed by atoms with Gasteiger partial charge in [-0.3, -0.25) is 10.3 Å². The number of carbonyl (C=O) groups excluding carboxylic acids is 4. The van der Waals surface area contributed by atoms with Gasteiger partial charge in [0, 0.05) is 12.4 Å². The largest absolute Gasteiger partial charge is 0.739 e. The third-order valence-corrected chi connectivity index (χ3v) is 6.26. The molecule has 4 atom stereocenters. The Kier molecular flexibility index (Phi) is 8.23. The molecule has 0 radical (unpaired) electrons. The lowest BCUT2D eigenvalue weighted by Gasteiger charge is -2.37. The van der Waals surface area contributed by atoms with Crippen LogP contribution in [0.25, 0.3) is 0 Å². The molecule has 1 saturated heterocycles. The molecule has 12 nitrogen and oxygen atoms in total. The van der Waals surface area contributed by atoms with E-state index in [0.29, 0.717) is 0 Å². The Morgan fingerprint density at radius 1 is 0.732 bits per heavy atom. The van der Waals surface area contributed by atoms with Crippen LogP contribution < -0.4 is 5.43 Å². The molecule has 0 spiro atoms. The van der Waals surface area contributed by atoms with Crippen LogP contribution in [-0.4, -0.2) is 65.2 Å². The smallest absolute Gasteiger partial charge is 0.341 e. The predicted octanol–water partition coefficient (Wildman–Crippen LogP) is 3.23. The Morgan fingerprint density at radius 3 is 1.73 bits per heavy atom. The zero-order valence-electron chi connectivity index (χ0n) is 21.4. The number of ether oxygens (including phenoxy) is 4. The molecule has 12 heteroatoms. The first kappa shape index (κ1) is 27.4. The van der Waals surface area contributed by atoms with Gasteiger partial charge in [-0.15, -0.1) is 0 Å². The Balaban J connectivity index is 1.46. The van der Waals surface area contributed by atoms with E-state index in [-0.39, 0.29) is 21.9 Å². The van der Waals surface area contributed by atoms with Gasteiger partial charge in [0.15, 0.2) is 18.4 Å². The number of hydrogen-bond acceptors (Lipinski definition) is 10. The average Bonchev–Trinajstić information content (AvgIpc) is 3.33. The van der Waals surface area contributed by atoms with Crippen molar-refractivity contribution < 1.29 is 38.1 Å². The third kappa shape index (κ3) is 6.35. The number of benzene rings is 3. The highest BCUT2D eigenvalue weighted by Crippen LogP contribution is 2.32. The summed E-state index contributed by atoms with van der Waals surface area (Å²) in [6, 6.07) is 23.5. The molecule has 3 aromatic rings. The zero-order valence-corrected chi connectivity index (χ0v) is 21.4. The third-order valence-electron chi connectivity index (χ3n) is 6.26. The van der Waals surface area contributed by atoms with E-state index >= 15 is 0 Å². The van der Waals surface area contributed by atoms with Gasteiger partial charge in [-0.1, -0.05) is 54.6 Å². The van der Waals surface area contributed by atoms with Crippen LogP contribution in [0.2, 0.25) is 0 Å². The van der Waals surface area contributed by atoms with E-state index in [4.69, 9.17) is 18.9 Å². The van der Waals surface area contributed by atoms with Crippen LogP contribution in [0.15, 0.2) is 103 Å². The molecule has 0 unspecified atom stereocenters. The van der Waals surface area contributed by atoms with Crippen molar-refractivity contribution in [1.29, 1.82) is 0 Å². The molecular formula is C29H24N3O9-. The lowest BCUT2D eigenvalue weighted by atomic mass is 10.1. The number of hydrazine groups is 1. The summed E-state index contributed by atoms with van der Waals surface area (Å²) >= 11 is 0. The molecule has 0 aromatic heterocycles. The summed E-state index contributed by atoms with van der Waals surface area (Å²) in [7, 11) is 0. The molecule has 2 aliphatic rings. The molecule has 41 heavy (non-hydrogen) atoms. The molecule has 3 aromatic carbocycles. The van der Waals surface area contributed by atoms with Crippen LogP contribution >= 0.6 is 0 Å². The number of urea groups is 1. The van der Waals surface area contributed by atoms with E-state index in [0.717, 1.165) is 17.3 Å². The van der Waals surface area contributed by atoms with Gasteiger partial charge in [-0.25, -0.2) is 19.2 Å². The van der Waals surface area contributed by atoms with Crippen LogP contribution in [0.4, 0.5) is 4.79 Å². The lowest BCUT2D eigenvalue weighted by Crippen LogP contribution is -2.54. The van der Waals surface area contributed by atoms with Gasteiger partial charge in [-0.05, 0) is 36.4 Å². The first-order valence-electron chi connectivity index (χ1n) is 12.5. The Morgan fingerprint density at radius 2 is 1.22 bits per heavy atom. The fourth-order valence-electron chi connectivity index (χ4n) is 4.27. The van der Waals surface area contributed by atoms with Crippen molar-refractivity contribution in [1.82, 2.24) is 15.5 Å². The summed E-state index contributed by atoms with van der Waals surface area (Å²) in [5, 5.41) is 11.8. The topological polar surface area (TPSA) is 147 Å². The summed E-state index contributed by atoms with van der Waals surface area (Å²) in [6.07, 6.45) is -3.09. The average molecular weight is 559 g/mol. The number of carbonyl (C=O) groups is 4. The van der Waals surface area contributed by atoms with Crippen LogP contribution in [0.5, 0.6) is 0 Å². The first-order chi connectivity index (χ1) is 19.9. The van der Waals surface area contributed by atoms with Gasteiger partial charge in [0.05, 0.1) is 16.7 Å². The van der Waals surface area contributed by atoms with Crippen LogP contribution in [-0.2, 0) is 18.9 Å². The number of amides is 2. The van der Waals surface area contributed by atoms with Crippen molar-refractivity contribution in [2.45, 2.75) is 24.5 Å². The molecule has 0 saturated carbocycles. The van der Waals surface area contributed by atoms with Crippen LogP contribution in [0, 0.1) is 5.21 Å². The van der Waals surface area contributed by atoms with Gasteiger partial charge in [-0.2, -0.15) is 0 Å². The quantitative estimate of drug-likeness (QED) is 0.323. The summed E-state index contributed by atoms with van der Waals surface area (Å²) in [5.74, 6) is -2.20. The summed E-state index contributed by atoms with van der Waals surface area (Å²) < 4.78 is 23.1. The van der Waals surface area contributed by atoms with Crippen LogP contribution in [0.3, 0.4) is 0 Å². The van der Waals surface area contributed by atoms with Crippen molar-refractivity contribution in [2.24, 2.45) is 0 Å². The highest BCUT2D eigenvalue weighted by molar-refractivity contribution is 5.91. The normalized spacial score (nSPS) is 21.6. The number of esters is 3. The Bertz CT molecular complexity index is 1420. The molecule has 1 fully saturated rings. The number of rotatable bonds is 8. The van der Waals surface area contributed by atoms with Gasteiger partial charge in [0.1, 0.15) is 12.7 Å². The molecule has 210 valence electrons. The second kappa shape index (κ2) is 12.3. The molecule has 1 N–H and O–H groups in total. The molecule has 0 aliphatic carbocycles. The van der Waals surface area contributed by atoms with E-state index in [9.17, 15) is 24.4 Å². The molecular weight excluding hydrogens is 534 g/mol. The van der Waals surface area contributed by atoms with Gasteiger partial charge >= 0.3 is 23.9 Å². The SMILES string of the molecule is O=C(OC[C@@H]1O[C@@H](N2C=CN([O-])NC2=O)[C@@H](OC(=O)c2ccccc2)[C@@H]1OC(=O)c1ccccc1)c1ccccc1. The standard InChI is InChI=1S/C29H24N3O9/c33-26(19-10-4-1-5-11-19)38-18-22-23(40-27(34)20-12-6-2-7-13-20)24(41-28(35)21-14-8-3-9-15-21)25(39-22)31-16-17-32(37)30-29(31)36/h1-17,22-25H,18H2,(H,30,36)/q-1/t22-,23+,24-,25+/m0/s1. The molecule has 2 heterocycles. The highest BCUT2D eigenvalue weighted by atomic mass is 16.7. The van der Waals surface area contributed by atoms with Crippen molar-refractivity contribution in [3.05, 3.63) is 125 Å². The second-order valence-corrected chi connectivity index (χ2v) is 8.95. The van der Waals surface area contributed by atoms with Gasteiger partial charge < -0.3 is 29.3 Å². The Labute approximate surface area is 234 Å². The molecule has 2 amide bonds. The number of hydroxylamine groups is 1. The van der Waals surface area contributed by atoms with Gasteiger partial charge in [0.25, 0.3) is 0 Å². The van der Waals surface area contributed by atoms with E-state index in [1.165, 1.54) is 24.3 Å². The lowest BCUT2D eigenvalue weighted by molar-refractivity contribution is -0.0751. The van der Waals surface area contributed by atoms with Gasteiger partial charge in [0.2, 0.25) is 0 Å². The molecule has 5 rings (SSSR count). The number of nitrogens with zero attached hydrogens (tertiary/aromatic N) is 2. The van der Waals surface area contributed by atoms with Crippen molar-refractivity contribution in [2.75, 3.05) is 6.61 Å². The number of hydrogen-bond donors (Lipinski definition) is 1. The van der Waals surface area contributed by atoms with Crippen molar-refractivity contribution in [3.63, 3.8) is 0 Å². The second-order valence-electron chi connectivity index (χ2n) is 8.95. The predicted molar refractivity (Wildman–Crippen MR) is 141 cm³/mol. The van der Waals surface area contributed by atoms with Crippen molar-refractivity contribution >= 4 is 23.9 Å². The maximum Gasteiger partial charge on any atom is 0.341 e. The molecule has 2 aliphatic heterocycles. The fraction of sp³-hybridized carbons (Fsp3) is 0.172. The zero-order chi connectivity index (χ0) is 28.8. The minimum absolute atomic E-state index is 0.185. The van der Waals surface area contributed by atoms with E-state index < -0.39 is 55.1 Å². The molecule has 0 bridgehead atoms. The minimum atomic E-state index is -1.38. The highest BCUT2D eigenvalue weighted by Gasteiger charge is 2.53. The maximum atomic E-state index is 13.1. The Hall–Kier alpha value is -5.20.